The monoisotopic (exact) mass is 386 g/mol. The zero-order chi connectivity index (χ0) is 16.9. The maximum Gasteiger partial charge on any atom is 0.270 e. The Balaban J connectivity index is 1.68. The molecule has 2 aromatic heterocycles. The summed E-state index contributed by atoms with van der Waals surface area (Å²) < 4.78 is 6.21. The van der Waals surface area contributed by atoms with Crippen molar-refractivity contribution in [3.8, 4) is 0 Å². The lowest BCUT2D eigenvalue weighted by atomic mass is 10.2. The summed E-state index contributed by atoms with van der Waals surface area (Å²) in [6.45, 7) is 2.30. The molecule has 0 atom stereocenters. The van der Waals surface area contributed by atoms with Gasteiger partial charge in [-0.05, 0) is 48.9 Å². The van der Waals surface area contributed by atoms with Crippen LogP contribution in [0.1, 0.15) is 21.8 Å². The second kappa shape index (κ2) is 7.27. The van der Waals surface area contributed by atoms with Gasteiger partial charge in [0.1, 0.15) is 11.5 Å². The van der Waals surface area contributed by atoms with Crippen molar-refractivity contribution in [2.75, 3.05) is 5.32 Å². The number of nitrogens with one attached hydrogen (secondary N) is 2. The van der Waals surface area contributed by atoms with E-state index in [1.165, 1.54) is 0 Å². The number of amides is 1. The van der Waals surface area contributed by atoms with Crippen molar-refractivity contribution in [2.24, 2.45) is 0 Å². The number of carbonyl (C=O) groups excluding carboxylic acids is 1. The molecule has 0 aliphatic carbocycles. The summed E-state index contributed by atoms with van der Waals surface area (Å²) in [5.74, 6) is 0.757. The number of aryl methyl sites for hydroxylation is 1. The highest BCUT2D eigenvalue weighted by atomic mass is 79.9. The molecule has 2 heterocycles. The molecule has 0 saturated heterocycles. The summed E-state index contributed by atoms with van der Waals surface area (Å²) in [5, 5.41) is 5.85. The molecule has 7 heteroatoms. The van der Waals surface area contributed by atoms with E-state index >= 15 is 0 Å². The van der Waals surface area contributed by atoms with Crippen LogP contribution in [0.15, 0.2) is 57.7 Å². The molecule has 0 aliphatic rings. The minimum Gasteiger partial charge on any atom is -0.467 e. The van der Waals surface area contributed by atoms with Crippen molar-refractivity contribution in [1.82, 2.24) is 15.3 Å². The zero-order valence-corrected chi connectivity index (χ0v) is 14.5. The van der Waals surface area contributed by atoms with E-state index in [0.717, 1.165) is 15.7 Å². The number of hydrogen-bond donors (Lipinski definition) is 2. The van der Waals surface area contributed by atoms with Gasteiger partial charge in [0.15, 0.2) is 0 Å². The highest BCUT2D eigenvalue weighted by molar-refractivity contribution is 9.10. The van der Waals surface area contributed by atoms with Crippen LogP contribution >= 0.6 is 15.9 Å². The number of aromatic nitrogens is 2. The molecular weight excluding hydrogens is 372 g/mol. The Kier molecular flexibility index (Phi) is 4.90. The molecule has 3 rings (SSSR count). The SMILES string of the molecule is Cc1cc(Nc2nccc(C(=O)NCc3ccco3)n2)ccc1Br. The average Bonchev–Trinajstić information content (AvgIpc) is 3.10. The van der Waals surface area contributed by atoms with Crippen LogP contribution in [0.5, 0.6) is 0 Å². The fraction of sp³-hybridized carbons (Fsp3) is 0.118. The van der Waals surface area contributed by atoms with Crippen LogP contribution in [0.3, 0.4) is 0 Å². The smallest absolute Gasteiger partial charge is 0.270 e. The van der Waals surface area contributed by atoms with Gasteiger partial charge in [0.05, 0.1) is 12.8 Å². The van der Waals surface area contributed by atoms with Crippen LogP contribution in [0, 0.1) is 6.92 Å². The molecule has 3 aromatic rings. The third kappa shape index (κ3) is 3.99. The molecule has 0 aliphatic heterocycles. The standard InChI is InChI=1S/C17H15BrN4O2/c1-11-9-12(4-5-14(11)18)21-17-19-7-6-15(22-17)16(23)20-10-13-3-2-8-24-13/h2-9H,10H2,1H3,(H,20,23)(H,19,21,22). The van der Waals surface area contributed by atoms with E-state index < -0.39 is 0 Å². The van der Waals surface area contributed by atoms with Gasteiger partial charge in [-0.15, -0.1) is 0 Å². The van der Waals surface area contributed by atoms with Crippen LogP contribution in [0.4, 0.5) is 11.6 Å². The minimum atomic E-state index is -0.288. The number of carbonyl (C=O) groups is 1. The van der Waals surface area contributed by atoms with Crippen LogP contribution in [-0.2, 0) is 6.54 Å². The van der Waals surface area contributed by atoms with Crippen molar-refractivity contribution < 1.29 is 9.21 Å². The molecular formula is C17H15BrN4O2. The number of benzene rings is 1. The van der Waals surface area contributed by atoms with Crippen LogP contribution < -0.4 is 10.6 Å². The van der Waals surface area contributed by atoms with E-state index in [-0.39, 0.29) is 11.6 Å². The van der Waals surface area contributed by atoms with Crippen LogP contribution in [0.25, 0.3) is 0 Å². The van der Waals surface area contributed by atoms with Crippen molar-refractivity contribution in [1.29, 1.82) is 0 Å². The normalized spacial score (nSPS) is 10.4. The van der Waals surface area contributed by atoms with Gasteiger partial charge in [-0.1, -0.05) is 15.9 Å². The molecule has 0 unspecified atom stereocenters. The molecule has 6 nitrogen and oxygen atoms in total. The lowest BCUT2D eigenvalue weighted by Gasteiger charge is -2.08. The predicted molar refractivity (Wildman–Crippen MR) is 94.1 cm³/mol. The second-order valence-electron chi connectivity index (χ2n) is 5.12. The molecule has 1 aromatic carbocycles. The Morgan fingerprint density at radius 2 is 2.17 bits per heavy atom. The number of hydrogen-bond acceptors (Lipinski definition) is 5. The molecule has 0 bridgehead atoms. The maximum atomic E-state index is 12.2. The summed E-state index contributed by atoms with van der Waals surface area (Å²) in [7, 11) is 0. The topological polar surface area (TPSA) is 80.0 Å². The van der Waals surface area contributed by atoms with Crippen molar-refractivity contribution in [2.45, 2.75) is 13.5 Å². The molecule has 2 N–H and O–H groups in total. The fourth-order valence-corrected chi connectivity index (χ4v) is 2.31. The number of anilines is 2. The number of halogens is 1. The second-order valence-corrected chi connectivity index (χ2v) is 5.97. The molecule has 0 fully saturated rings. The largest absolute Gasteiger partial charge is 0.467 e. The predicted octanol–water partition coefficient (Wildman–Crippen LogP) is 3.81. The van der Waals surface area contributed by atoms with Gasteiger partial charge in [-0.3, -0.25) is 4.79 Å². The molecule has 24 heavy (non-hydrogen) atoms. The first-order valence-corrected chi connectivity index (χ1v) is 8.08. The molecule has 0 radical (unpaired) electrons. The van der Waals surface area contributed by atoms with Crippen molar-refractivity contribution in [3.05, 3.63) is 70.3 Å². The Bertz CT molecular complexity index is 850. The van der Waals surface area contributed by atoms with Crippen molar-refractivity contribution >= 4 is 33.5 Å². The van der Waals surface area contributed by atoms with Crippen LogP contribution in [-0.4, -0.2) is 15.9 Å². The zero-order valence-electron chi connectivity index (χ0n) is 12.9. The summed E-state index contributed by atoms with van der Waals surface area (Å²) in [6, 6.07) is 11.0. The molecule has 0 spiro atoms. The highest BCUT2D eigenvalue weighted by Gasteiger charge is 2.09. The van der Waals surface area contributed by atoms with Gasteiger partial charge in [0, 0.05) is 16.4 Å². The summed E-state index contributed by atoms with van der Waals surface area (Å²) >= 11 is 3.46. The van der Waals surface area contributed by atoms with Gasteiger partial charge in [-0.2, -0.15) is 0 Å². The third-order valence-electron chi connectivity index (χ3n) is 3.31. The summed E-state index contributed by atoms with van der Waals surface area (Å²) in [4.78, 5) is 20.6. The highest BCUT2D eigenvalue weighted by Crippen LogP contribution is 2.21. The summed E-state index contributed by atoms with van der Waals surface area (Å²) in [5.41, 5.74) is 2.23. The Labute approximate surface area is 147 Å². The van der Waals surface area contributed by atoms with E-state index in [9.17, 15) is 4.79 Å². The first-order chi connectivity index (χ1) is 11.6. The minimum absolute atomic E-state index is 0.285. The number of furan rings is 1. The first kappa shape index (κ1) is 16.2. The van der Waals surface area contributed by atoms with E-state index in [1.807, 2.05) is 25.1 Å². The summed E-state index contributed by atoms with van der Waals surface area (Å²) in [6.07, 6.45) is 3.11. The fourth-order valence-electron chi connectivity index (χ4n) is 2.07. The Morgan fingerprint density at radius 3 is 2.92 bits per heavy atom. The Morgan fingerprint density at radius 1 is 1.29 bits per heavy atom. The average molecular weight is 387 g/mol. The van der Waals surface area contributed by atoms with E-state index in [0.29, 0.717) is 18.3 Å². The van der Waals surface area contributed by atoms with Gasteiger partial charge in [0.25, 0.3) is 5.91 Å². The van der Waals surface area contributed by atoms with Crippen molar-refractivity contribution in [3.63, 3.8) is 0 Å². The van der Waals surface area contributed by atoms with Gasteiger partial charge >= 0.3 is 0 Å². The van der Waals surface area contributed by atoms with Gasteiger partial charge in [-0.25, -0.2) is 9.97 Å². The van der Waals surface area contributed by atoms with E-state index in [2.05, 4.69) is 36.5 Å². The lowest BCUT2D eigenvalue weighted by Crippen LogP contribution is -2.23. The van der Waals surface area contributed by atoms with Gasteiger partial charge in [0.2, 0.25) is 5.95 Å². The molecule has 1 amide bonds. The van der Waals surface area contributed by atoms with Gasteiger partial charge < -0.3 is 15.1 Å². The van der Waals surface area contributed by atoms with E-state index in [1.54, 1.807) is 30.7 Å². The van der Waals surface area contributed by atoms with E-state index in [4.69, 9.17) is 4.42 Å². The number of rotatable bonds is 5. The Hall–Kier alpha value is -2.67. The number of nitrogens with zero attached hydrogens (tertiary/aromatic N) is 2. The maximum absolute atomic E-state index is 12.2. The molecule has 122 valence electrons. The third-order valence-corrected chi connectivity index (χ3v) is 4.20. The quantitative estimate of drug-likeness (QED) is 0.696. The molecule has 0 saturated carbocycles. The lowest BCUT2D eigenvalue weighted by molar-refractivity contribution is 0.0943. The first-order valence-electron chi connectivity index (χ1n) is 7.28. The van der Waals surface area contributed by atoms with Crippen LogP contribution in [0.2, 0.25) is 0 Å².